The molecular formula is C38H39N6OPt-3. The van der Waals surface area contributed by atoms with Gasteiger partial charge in [-0.2, -0.15) is 18.8 Å². The van der Waals surface area contributed by atoms with E-state index in [1.165, 1.54) is 11.3 Å². The molecule has 0 aliphatic carbocycles. The molecule has 5 heterocycles. The fourth-order valence-electron chi connectivity index (χ4n) is 6.19. The number of nitrogens with zero attached hydrogens (tertiary/aromatic N) is 6. The number of rotatable bonds is 6. The summed E-state index contributed by atoms with van der Waals surface area (Å²) in [5.41, 5.74) is 6.33. The molecule has 0 spiro atoms. The zero-order chi connectivity index (χ0) is 31.6. The Kier molecular flexibility index (Phi) is 8.26. The number of pyridine rings is 2. The van der Waals surface area contributed by atoms with Crippen molar-refractivity contribution < 1.29 is 25.8 Å². The van der Waals surface area contributed by atoms with Crippen molar-refractivity contribution in [3.8, 4) is 17.3 Å². The molecular weight excluding hydrogens is 752 g/mol. The Morgan fingerprint density at radius 1 is 0.870 bits per heavy atom. The van der Waals surface area contributed by atoms with Gasteiger partial charge >= 0.3 is 0 Å². The van der Waals surface area contributed by atoms with Crippen molar-refractivity contribution in [2.24, 2.45) is 0 Å². The smallest absolute Gasteiger partial charge is 0.135 e. The van der Waals surface area contributed by atoms with E-state index in [4.69, 9.17) is 14.7 Å². The molecule has 46 heavy (non-hydrogen) atoms. The van der Waals surface area contributed by atoms with Gasteiger partial charge in [-0.25, -0.2) is 4.98 Å². The number of ether oxygens (including phenoxy) is 1. The van der Waals surface area contributed by atoms with Crippen LogP contribution in [0.25, 0.3) is 33.3 Å². The van der Waals surface area contributed by atoms with Gasteiger partial charge in [0.15, 0.2) is 0 Å². The van der Waals surface area contributed by atoms with Gasteiger partial charge in [0.05, 0.1) is 11.3 Å². The Morgan fingerprint density at radius 2 is 1.65 bits per heavy atom. The first-order valence-electron chi connectivity index (χ1n) is 15.6. The van der Waals surface area contributed by atoms with Gasteiger partial charge in [0.2, 0.25) is 0 Å². The van der Waals surface area contributed by atoms with E-state index >= 15 is 0 Å². The number of benzene rings is 2. The molecule has 0 unspecified atom stereocenters. The number of para-hydroxylation sites is 1. The van der Waals surface area contributed by atoms with Gasteiger partial charge in [0.1, 0.15) is 5.82 Å². The molecule has 0 N–H and O–H groups in total. The SMILES string of the molecule is CC(C)c1nc2cc(Oc3[c-]c4c(cc3)c3ccccc3n4-c3cc(C(C)(C)C)ccn3)[c-]c(N3C=CN(C)[CH-]3)n2c1C(C)C.[Pt]. The van der Waals surface area contributed by atoms with E-state index in [0.29, 0.717) is 11.5 Å². The summed E-state index contributed by atoms with van der Waals surface area (Å²) in [6.07, 6.45) is 5.94. The monoisotopic (exact) mass is 790 g/mol. The zero-order valence-corrected chi connectivity index (χ0v) is 29.8. The summed E-state index contributed by atoms with van der Waals surface area (Å²) in [4.78, 5) is 14.0. The maximum Gasteiger partial charge on any atom is 0.135 e. The Hall–Kier alpha value is -4.09. The largest absolute Gasteiger partial charge is 0.521 e. The van der Waals surface area contributed by atoms with Crippen LogP contribution in [0, 0.1) is 18.8 Å². The number of hydrogen-bond acceptors (Lipinski definition) is 5. The molecule has 240 valence electrons. The van der Waals surface area contributed by atoms with Crippen LogP contribution < -0.4 is 9.64 Å². The van der Waals surface area contributed by atoms with Gasteiger partial charge in [0, 0.05) is 44.2 Å². The second-order valence-corrected chi connectivity index (χ2v) is 13.5. The van der Waals surface area contributed by atoms with Crippen LogP contribution in [-0.4, -0.2) is 30.9 Å². The number of anilines is 1. The van der Waals surface area contributed by atoms with Crippen LogP contribution in [0.5, 0.6) is 11.5 Å². The second-order valence-electron chi connectivity index (χ2n) is 13.5. The summed E-state index contributed by atoms with van der Waals surface area (Å²) < 4.78 is 11.0. The molecule has 1 aliphatic heterocycles. The van der Waals surface area contributed by atoms with E-state index in [2.05, 4.69) is 117 Å². The van der Waals surface area contributed by atoms with Gasteiger partial charge in [-0.15, -0.1) is 23.6 Å². The molecule has 7 rings (SSSR count). The standard InChI is InChI=1S/C38H39N6O.Pt/c1-24(2)36-37(25(3)4)44-34(40-36)21-28(22-35(44)42-18-17-41(8)23-42)45-27-13-14-30-29-11-9-10-12-31(29)43(32(30)20-27)33-19-26(15-16-39-33)38(5,6)7;/h9-19,21,23-25H,1-8H3;/q-3;. The maximum atomic E-state index is 6.58. The summed E-state index contributed by atoms with van der Waals surface area (Å²) in [5, 5.41) is 2.24. The van der Waals surface area contributed by atoms with Crippen molar-refractivity contribution in [3.63, 3.8) is 0 Å². The molecule has 7 nitrogen and oxygen atoms in total. The molecule has 0 atom stereocenters. The summed E-state index contributed by atoms with van der Waals surface area (Å²) in [5.74, 6) is 3.45. The number of hydrogen-bond donors (Lipinski definition) is 0. The predicted molar refractivity (Wildman–Crippen MR) is 182 cm³/mol. The minimum absolute atomic E-state index is 0. The van der Waals surface area contributed by atoms with Crippen LogP contribution >= 0.6 is 0 Å². The van der Waals surface area contributed by atoms with Crippen molar-refractivity contribution in [1.82, 2.24) is 23.8 Å². The van der Waals surface area contributed by atoms with E-state index < -0.39 is 0 Å². The summed E-state index contributed by atoms with van der Waals surface area (Å²) >= 11 is 0. The molecule has 0 bridgehead atoms. The van der Waals surface area contributed by atoms with E-state index in [0.717, 1.165) is 44.8 Å². The summed E-state index contributed by atoms with van der Waals surface area (Å²) in [6.45, 7) is 17.5. The Labute approximate surface area is 285 Å². The van der Waals surface area contributed by atoms with Crippen molar-refractivity contribution >= 4 is 33.3 Å². The fourth-order valence-corrected chi connectivity index (χ4v) is 6.19. The first-order chi connectivity index (χ1) is 21.5. The van der Waals surface area contributed by atoms with Crippen molar-refractivity contribution in [2.45, 2.75) is 65.7 Å². The fraction of sp³-hybridized carbons (Fsp3) is 0.289. The Bertz CT molecular complexity index is 2100. The molecule has 2 aromatic carbocycles. The van der Waals surface area contributed by atoms with E-state index in [1.807, 2.05) is 49.3 Å². The molecule has 8 heteroatoms. The minimum Gasteiger partial charge on any atom is -0.521 e. The number of imidazole rings is 1. The molecule has 0 saturated heterocycles. The second kappa shape index (κ2) is 11.9. The van der Waals surface area contributed by atoms with Crippen LogP contribution in [0.4, 0.5) is 5.82 Å². The van der Waals surface area contributed by atoms with Crippen LogP contribution in [0.15, 0.2) is 73.2 Å². The quantitative estimate of drug-likeness (QED) is 0.158. The summed E-state index contributed by atoms with van der Waals surface area (Å²) in [7, 11) is 2.01. The van der Waals surface area contributed by atoms with Crippen molar-refractivity contribution in [1.29, 1.82) is 0 Å². The zero-order valence-electron chi connectivity index (χ0n) is 27.6. The van der Waals surface area contributed by atoms with Crippen LogP contribution in [-0.2, 0) is 26.5 Å². The molecule has 6 aromatic rings. The third-order valence-corrected chi connectivity index (χ3v) is 8.40. The number of aromatic nitrogens is 4. The third kappa shape index (κ3) is 5.49. The maximum absolute atomic E-state index is 6.58. The molecule has 0 amide bonds. The van der Waals surface area contributed by atoms with Gasteiger partial charge in [-0.05, 0) is 77.4 Å². The summed E-state index contributed by atoms with van der Waals surface area (Å²) in [6, 6.07) is 25.9. The molecule has 1 aliphatic rings. The van der Waals surface area contributed by atoms with Gasteiger partial charge < -0.3 is 23.5 Å². The van der Waals surface area contributed by atoms with Crippen molar-refractivity contribution in [2.75, 3.05) is 11.9 Å². The molecule has 4 aromatic heterocycles. The van der Waals surface area contributed by atoms with Crippen LogP contribution in [0.2, 0.25) is 0 Å². The average Bonchev–Trinajstić information content (AvgIpc) is 3.70. The average molecular weight is 791 g/mol. The molecule has 0 saturated carbocycles. The van der Waals surface area contributed by atoms with Crippen molar-refractivity contribution in [3.05, 3.63) is 109 Å². The predicted octanol–water partition coefficient (Wildman–Crippen LogP) is 9.10. The molecule has 0 fully saturated rings. The van der Waals surface area contributed by atoms with E-state index in [-0.39, 0.29) is 38.3 Å². The topological polar surface area (TPSA) is 50.8 Å². The number of fused-ring (bicyclic) bond motifs is 4. The van der Waals surface area contributed by atoms with E-state index in [9.17, 15) is 0 Å². The van der Waals surface area contributed by atoms with E-state index in [1.54, 1.807) is 0 Å². The van der Waals surface area contributed by atoms with Gasteiger partial charge in [-0.1, -0.05) is 72.2 Å². The van der Waals surface area contributed by atoms with Gasteiger partial charge in [-0.3, -0.25) is 4.98 Å². The molecule has 0 radical (unpaired) electrons. The minimum atomic E-state index is -0.00486. The van der Waals surface area contributed by atoms with Crippen LogP contribution in [0.3, 0.4) is 0 Å². The third-order valence-electron chi connectivity index (χ3n) is 8.40. The first-order valence-corrected chi connectivity index (χ1v) is 15.6. The van der Waals surface area contributed by atoms with Crippen LogP contribution in [0.1, 0.15) is 77.3 Å². The normalized spacial score (nSPS) is 13.6. The first kappa shape index (κ1) is 31.9. The Morgan fingerprint density at radius 3 is 2.35 bits per heavy atom. The Balaban J connectivity index is 0.00000372. The van der Waals surface area contributed by atoms with Gasteiger partial charge in [0.25, 0.3) is 0 Å².